The molecule has 4 nitrogen and oxygen atoms in total. The molecule has 1 aliphatic heterocycles. The lowest BCUT2D eigenvalue weighted by Gasteiger charge is -2.32. The predicted octanol–water partition coefficient (Wildman–Crippen LogP) is 2.61. The van der Waals surface area contributed by atoms with Gasteiger partial charge < -0.3 is 14.6 Å². The van der Waals surface area contributed by atoms with Gasteiger partial charge in [-0.1, -0.05) is 13.8 Å². The molecule has 0 aromatic carbocycles. The lowest BCUT2D eigenvalue weighted by atomic mass is 10.1. The van der Waals surface area contributed by atoms with Gasteiger partial charge in [-0.25, -0.2) is 0 Å². The van der Waals surface area contributed by atoms with Gasteiger partial charge in [0.25, 0.3) is 5.91 Å². The normalized spacial score (nSPS) is 19.7. The standard InChI is InChI=1S/C15H24N2O2/c1-3-10-19-13-6-5-9-17(11-13)15(18)14-8-7-12(4-2)16-14/h7-8,13,16H,3-6,9-11H2,1-2H3/t13-/m0/s1. The van der Waals surface area contributed by atoms with E-state index in [1.807, 2.05) is 17.0 Å². The first-order valence-corrected chi connectivity index (χ1v) is 7.33. The number of aryl methyl sites for hydroxylation is 1. The van der Waals surface area contributed by atoms with Crippen molar-refractivity contribution in [2.45, 2.75) is 45.6 Å². The Bertz CT molecular complexity index is 414. The molecular formula is C15H24N2O2. The van der Waals surface area contributed by atoms with Crippen molar-refractivity contribution in [3.8, 4) is 0 Å². The topological polar surface area (TPSA) is 45.3 Å². The van der Waals surface area contributed by atoms with Crippen LogP contribution in [-0.2, 0) is 11.2 Å². The molecule has 1 aromatic rings. The smallest absolute Gasteiger partial charge is 0.270 e. The van der Waals surface area contributed by atoms with Crippen LogP contribution >= 0.6 is 0 Å². The Balaban J connectivity index is 1.94. The summed E-state index contributed by atoms with van der Waals surface area (Å²) in [5.41, 5.74) is 1.81. The van der Waals surface area contributed by atoms with Gasteiger partial charge in [-0.15, -0.1) is 0 Å². The summed E-state index contributed by atoms with van der Waals surface area (Å²) in [7, 11) is 0. The van der Waals surface area contributed by atoms with Crippen LogP contribution in [0.2, 0.25) is 0 Å². The molecule has 106 valence electrons. The van der Waals surface area contributed by atoms with Crippen molar-refractivity contribution >= 4 is 5.91 Å². The second kappa shape index (κ2) is 6.75. The van der Waals surface area contributed by atoms with Crippen LogP contribution in [0.25, 0.3) is 0 Å². The van der Waals surface area contributed by atoms with Crippen LogP contribution in [0.15, 0.2) is 12.1 Å². The fourth-order valence-electron chi connectivity index (χ4n) is 2.48. The molecule has 1 atom stereocenters. The van der Waals surface area contributed by atoms with Crippen LogP contribution < -0.4 is 0 Å². The Hall–Kier alpha value is -1.29. The van der Waals surface area contributed by atoms with Crippen molar-refractivity contribution in [1.29, 1.82) is 0 Å². The van der Waals surface area contributed by atoms with Crippen molar-refractivity contribution in [2.24, 2.45) is 0 Å². The van der Waals surface area contributed by atoms with Gasteiger partial charge in [0, 0.05) is 25.4 Å². The highest BCUT2D eigenvalue weighted by atomic mass is 16.5. The van der Waals surface area contributed by atoms with E-state index in [0.717, 1.165) is 51.1 Å². The average Bonchev–Trinajstić information content (AvgIpc) is 2.93. The summed E-state index contributed by atoms with van der Waals surface area (Å²) in [5.74, 6) is 0.101. The molecule has 1 aliphatic rings. The minimum atomic E-state index is 0.101. The second-order valence-electron chi connectivity index (χ2n) is 5.14. The number of aromatic nitrogens is 1. The number of amides is 1. The summed E-state index contributed by atoms with van der Waals surface area (Å²) in [4.78, 5) is 17.5. The lowest BCUT2D eigenvalue weighted by Crippen LogP contribution is -2.43. The number of rotatable bonds is 5. The van der Waals surface area contributed by atoms with Crippen molar-refractivity contribution in [3.63, 3.8) is 0 Å². The summed E-state index contributed by atoms with van der Waals surface area (Å²) >= 11 is 0. The predicted molar refractivity (Wildman–Crippen MR) is 75.3 cm³/mol. The third-order valence-electron chi connectivity index (χ3n) is 3.58. The first-order chi connectivity index (χ1) is 9.24. The fourth-order valence-corrected chi connectivity index (χ4v) is 2.48. The molecular weight excluding hydrogens is 240 g/mol. The van der Waals surface area contributed by atoms with Crippen LogP contribution in [0, 0.1) is 0 Å². The van der Waals surface area contributed by atoms with Gasteiger partial charge in [-0.3, -0.25) is 4.79 Å². The number of hydrogen-bond donors (Lipinski definition) is 1. The minimum Gasteiger partial charge on any atom is -0.376 e. The summed E-state index contributed by atoms with van der Waals surface area (Å²) in [6.07, 6.45) is 4.25. The number of likely N-dealkylation sites (tertiary alicyclic amines) is 1. The molecule has 2 heterocycles. The van der Waals surface area contributed by atoms with Crippen LogP contribution in [0.5, 0.6) is 0 Å². The number of nitrogens with one attached hydrogen (secondary N) is 1. The molecule has 1 saturated heterocycles. The quantitative estimate of drug-likeness (QED) is 0.888. The summed E-state index contributed by atoms with van der Waals surface area (Å²) in [6.45, 7) is 6.53. The molecule has 0 bridgehead atoms. The first-order valence-electron chi connectivity index (χ1n) is 7.33. The number of piperidine rings is 1. The monoisotopic (exact) mass is 264 g/mol. The number of carbonyl (C=O) groups excluding carboxylic acids is 1. The SMILES string of the molecule is CCCO[C@H]1CCCN(C(=O)c2ccc(CC)[nH]2)C1. The van der Waals surface area contributed by atoms with E-state index in [1.54, 1.807) is 0 Å². The van der Waals surface area contributed by atoms with Crippen LogP contribution in [0.4, 0.5) is 0 Å². The van der Waals surface area contributed by atoms with Crippen LogP contribution in [-0.4, -0.2) is 41.6 Å². The van der Waals surface area contributed by atoms with Gasteiger partial charge in [-0.2, -0.15) is 0 Å². The Labute approximate surface area is 115 Å². The van der Waals surface area contributed by atoms with E-state index >= 15 is 0 Å². The van der Waals surface area contributed by atoms with Crippen molar-refractivity contribution < 1.29 is 9.53 Å². The number of H-pyrrole nitrogens is 1. The zero-order valence-electron chi connectivity index (χ0n) is 11.9. The van der Waals surface area contributed by atoms with Crippen molar-refractivity contribution in [1.82, 2.24) is 9.88 Å². The Morgan fingerprint density at radius 3 is 3.00 bits per heavy atom. The molecule has 0 spiro atoms. The molecule has 1 amide bonds. The molecule has 1 N–H and O–H groups in total. The maximum Gasteiger partial charge on any atom is 0.270 e. The largest absolute Gasteiger partial charge is 0.376 e. The van der Waals surface area contributed by atoms with E-state index in [-0.39, 0.29) is 12.0 Å². The number of carbonyl (C=O) groups is 1. The maximum atomic E-state index is 12.4. The number of aromatic amines is 1. The van der Waals surface area contributed by atoms with E-state index < -0.39 is 0 Å². The van der Waals surface area contributed by atoms with E-state index in [2.05, 4.69) is 18.8 Å². The third-order valence-corrected chi connectivity index (χ3v) is 3.58. The third kappa shape index (κ3) is 3.60. The van der Waals surface area contributed by atoms with E-state index in [0.29, 0.717) is 5.69 Å². The second-order valence-corrected chi connectivity index (χ2v) is 5.14. The van der Waals surface area contributed by atoms with Gasteiger partial charge in [0.2, 0.25) is 0 Å². The molecule has 4 heteroatoms. The highest BCUT2D eigenvalue weighted by Crippen LogP contribution is 2.16. The maximum absolute atomic E-state index is 12.4. The first kappa shape index (κ1) is 14.1. The van der Waals surface area contributed by atoms with Gasteiger partial charge >= 0.3 is 0 Å². The molecule has 0 saturated carbocycles. The summed E-state index contributed by atoms with van der Waals surface area (Å²) < 4.78 is 5.77. The van der Waals surface area contributed by atoms with Gasteiger partial charge in [0.1, 0.15) is 5.69 Å². The zero-order chi connectivity index (χ0) is 13.7. The highest BCUT2D eigenvalue weighted by Gasteiger charge is 2.25. The molecule has 1 fully saturated rings. The van der Waals surface area contributed by atoms with Crippen LogP contribution in [0.1, 0.15) is 49.3 Å². The molecule has 0 radical (unpaired) electrons. The summed E-state index contributed by atoms with van der Waals surface area (Å²) in [5, 5.41) is 0. The Kier molecular flexibility index (Phi) is 5.02. The molecule has 1 aromatic heterocycles. The fraction of sp³-hybridized carbons (Fsp3) is 0.667. The van der Waals surface area contributed by atoms with Crippen LogP contribution in [0.3, 0.4) is 0 Å². The molecule has 19 heavy (non-hydrogen) atoms. The average molecular weight is 264 g/mol. The van der Waals surface area contributed by atoms with Crippen molar-refractivity contribution in [2.75, 3.05) is 19.7 Å². The van der Waals surface area contributed by atoms with Gasteiger partial charge in [-0.05, 0) is 37.8 Å². The number of hydrogen-bond acceptors (Lipinski definition) is 2. The Morgan fingerprint density at radius 2 is 2.32 bits per heavy atom. The van der Waals surface area contributed by atoms with Gasteiger partial charge in [0.15, 0.2) is 0 Å². The summed E-state index contributed by atoms with van der Waals surface area (Å²) in [6, 6.07) is 3.87. The number of ether oxygens (including phenoxy) is 1. The van der Waals surface area contributed by atoms with Gasteiger partial charge in [0.05, 0.1) is 6.10 Å². The van der Waals surface area contributed by atoms with E-state index in [1.165, 1.54) is 0 Å². The highest BCUT2D eigenvalue weighted by molar-refractivity contribution is 5.92. The van der Waals surface area contributed by atoms with E-state index in [4.69, 9.17) is 4.74 Å². The van der Waals surface area contributed by atoms with Crippen molar-refractivity contribution in [3.05, 3.63) is 23.5 Å². The molecule has 0 aliphatic carbocycles. The Morgan fingerprint density at radius 1 is 1.47 bits per heavy atom. The lowest BCUT2D eigenvalue weighted by molar-refractivity contribution is 0.00194. The van der Waals surface area contributed by atoms with E-state index in [9.17, 15) is 4.79 Å². The minimum absolute atomic E-state index is 0.101. The molecule has 2 rings (SSSR count). The molecule has 0 unspecified atom stereocenters. The zero-order valence-corrected chi connectivity index (χ0v) is 11.9. The number of nitrogens with zero attached hydrogens (tertiary/aromatic N) is 1.